The predicted molar refractivity (Wildman–Crippen MR) is 67.3 cm³/mol. The molecule has 1 aromatic heterocycles. The molecule has 0 bridgehead atoms. The van der Waals surface area contributed by atoms with Gasteiger partial charge in [-0.2, -0.15) is 0 Å². The highest BCUT2D eigenvalue weighted by molar-refractivity contribution is 7.89. The van der Waals surface area contributed by atoms with Gasteiger partial charge in [-0.15, -0.1) is 11.3 Å². The molecule has 1 heterocycles. The average Bonchev–Trinajstić information content (AvgIpc) is 2.79. The maximum atomic E-state index is 11.9. The summed E-state index contributed by atoms with van der Waals surface area (Å²) in [7, 11) is -3.44. The Hall–Kier alpha value is -1.24. The lowest BCUT2D eigenvalue weighted by atomic mass is 10.2. The second-order valence-electron chi connectivity index (χ2n) is 3.62. The van der Waals surface area contributed by atoms with Crippen molar-refractivity contribution in [2.75, 3.05) is 0 Å². The van der Waals surface area contributed by atoms with Gasteiger partial charge in [0.15, 0.2) is 0 Å². The van der Waals surface area contributed by atoms with Crippen molar-refractivity contribution >= 4 is 21.4 Å². The van der Waals surface area contributed by atoms with E-state index >= 15 is 0 Å². The first-order valence-corrected chi connectivity index (χ1v) is 7.44. The first-order chi connectivity index (χ1) is 8.08. The first-order valence-electron chi connectivity index (χ1n) is 5.01. The van der Waals surface area contributed by atoms with E-state index in [4.69, 9.17) is 0 Å². The molecule has 4 nitrogen and oxygen atoms in total. The molecule has 0 saturated carbocycles. The number of sulfonamides is 1. The largest absolute Gasteiger partial charge is 0.248 e. The van der Waals surface area contributed by atoms with Gasteiger partial charge >= 0.3 is 0 Å². The highest BCUT2D eigenvalue weighted by Gasteiger charge is 2.13. The van der Waals surface area contributed by atoms with Gasteiger partial charge in [-0.3, -0.25) is 0 Å². The Morgan fingerprint density at radius 2 is 2.24 bits per heavy atom. The number of aromatic nitrogens is 1. The first kappa shape index (κ1) is 12.2. The lowest BCUT2D eigenvalue weighted by Gasteiger charge is -2.05. The van der Waals surface area contributed by atoms with Crippen molar-refractivity contribution in [2.45, 2.75) is 18.4 Å². The maximum Gasteiger partial charge on any atom is 0.240 e. The number of rotatable bonds is 4. The number of benzene rings is 1. The molecule has 90 valence electrons. The van der Waals surface area contributed by atoms with Crippen LogP contribution in [0.4, 0.5) is 0 Å². The summed E-state index contributed by atoms with van der Waals surface area (Å²) in [6.07, 6.45) is 0. The Bertz CT molecular complexity index is 592. The van der Waals surface area contributed by atoms with E-state index in [2.05, 4.69) is 9.71 Å². The quantitative estimate of drug-likeness (QED) is 0.921. The van der Waals surface area contributed by atoms with Crippen LogP contribution >= 0.6 is 11.3 Å². The molecule has 1 N–H and O–H groups in total. The number of hydrogen-bond donors (Lipinski definition) is 1. The molecular weight excluding hydrogens is 256 g/mol. The summed E-state index contributed by atoms with van der Waals surface area (Å²) < 4.78 is 26.4. The summed E-state index contributed by atoms with van der Waals surface area (Å²) in [5.41, 5.74) is 3.32. The Kier molecular flexibility index (Phi) is 3.56. The molecule has 0 saturated heterocycles. The minimum absolute atomic E-state index is 0.222. The molecule has 0 radical (unpaired) electrons. The molecule has 0 amide bonds. The Balaban J connectivity index is 2.14. The van der Waals surface area contributed by atoms with Crippen LogP contribution in [0.3, 0.4) is 0 Å². The van der Waals surface area contributed by atoms with Gasteiger partial charge in [0.25, 0.3) is 0 Å². The molecule has 0 aliphatic rings. The molecule has 2 aromatic rings. The number of hydrogen-bond acceptors (Lipinski definition) is 4. The maximum absolute atomic E-state index is 11.9. The summed E-state index contributed by atoms with van der Waals surface area (Å²) >= 11 is 1.44. The normalized spacial score (nSPS) is 11.6. The van der Waals surface area contributed by atoms with Gasteiger partial charge in [0.2, 0.25) is 10.0 Å². The second kappa shape index (κ2) is 4.95. The van der Waals surface area contributed by atoms with E-state index in [1.165, 1.54) is 11.3 Å². The third kappa shape index (κ3) is 3.12. The Labute approximate surface area is 104 Å². The molecule has 0 aliphatic carbocycles. The van der Waals surface area contributed by atoms with Crippen LogP contribution < -0.4 is 4.72 Å². The average molecular weight is 268 g/mol. The summed E-state index contributed by atoms with van der Waals surface area (Å²) in [5, 5.41) is 1.82. The van der Waals surface area contributed by atoms with Crippen LogP contribution in [0.15, 0.2) is 40.1 Å². The van der Waals surface area contributed by atoms with E-state index < -0.39 is 10.0 Å². The third-order valence-electron chi connectivity index (χ3n) is 2.23. The van der Waals surface area contributed by atoms with Crippen molar-refractivity contribution in [3.63, 3.8) is 0 Å². The molecule has 6 heteroatoms. The Morgan fingerprint density at radius 3 is 2.88 bits per heavy atom. The van der Waals surface area contributed by atoms with Crippen LogP contribution in [-0.2, 0) is 16.6 Å². The zero-order valence-electron chi connectivity index (χ0n) is 9.25. The van der Waals surface area contributed by atoms with Crippen molar-refractivity contribution < 1.29 is 8.42 Å². The molecule has 0 spiro atoms. The summed E-state index contributed by atoms with van der Waals surface area (Å²) in [4.78, 5) is 4.31. The number of nitrogens with zero attached hydrogens (tertiary/aromatic N) is 1. The lowest BCUT2D eigenvalue weighted by Crippen LogP contribution is -2.23. The molecule has 0 aliphatic heterocycles. The van der Waals surface area contributed by atoms with Crippen LogP contribution in [0.5, 0.6) is 0 Å². The van der Waals surface area contributed by atoms with Crippen LogP contribution in [0, 0.1) is 6.92 Å². The van der Waals surface area contributed by atoms with E-state index in [0.29, 0.717) is 0 Å². The topological polar surface area (TPSA) is 59.1 Å². The van der Waals surface area contributed by atoms with Crippen molar-refractivity contribution in [1.29, 1.82) is 0 Å². The molecule has 17 heavy (non-hydrogen) atoms. The fraction of sp³-hybridized carbons (Fsp3) is 0.182. The van der Waals surface area contributed by atoms with Gasteiger partial charge in [0, 0.05) is 5.38 Å². The van der Waals surface area contributed by atoms with Crippen LogP contribution in [0.2, 0.25) is 0 Å². The van der Waals surface area contributed by atoms with E-state index in [1.54, 1.807) is 23.7 Å². The van der Waals surface area contributed by atoms with Gasteiger partial charge in [0.05, 0.1) is 22.6 Å². The third-order valence-corrected chi connectivity index (χ3v) is 4.26. The highest BCUT2D eigenvalue weighted by Crippen LogP contribution is 2.11. The zero-order chi connectivity index (χ0) is 12.3. The van der Waals surface area contributed by atoms with Gasteiger partial charge in [-0.25, -0.2) is 18.1 Å². The zero-order valence-corrected chi connectivity index (χ0v) is 10.9. The molecule has 0 fully saturated rings. The minimum atomic E-state index is -3.44. The van der Waals surface area contributed by atoms with E-state index in [1.807, 2.05) is 18.4 Å². The number of nitrogens with one attached hydrogen (secondary N) is 1. The number of thiazole rings is 1. The standard InChI is InChI=1S/C11H12N2O2S2/c1-9-3-2-4-11(5-9)17(14,15)13-6-10-7-16-8-12-10/h2-5,7-8,13H,6H2,1H3. The van der Waals surface area contributed by atoms with Crippen LogP contribution in [-0.4, -0.2) is 13.4 Å². The van der Waals surface area contributed by atoms with Crippen molar-refractivity contribution in [3.05, 3.63) is 46.4 Å². The smallest absolute Gasteiger partial charge is 0.240 e. The van der Waals surface area contributed by atoms with Crippen LogP contribution in [0.1, 0.15) is 11.3 Å². The molecule has 2 rings (SSSR count). The van der Waals surface area contributed by atoms with E-state index in [0.717, 1.165) is 11.3 Å². The molecule has 0 unspecified atom stereocenters. The Morgan fingerprint density at radius 1 is 1.41 bits per heavy atom. The van der Waals surface area contributed by atoms with Crippen molar-refractivity contribution in [2.24, 2.45) is 0 Å². The summed E-state index contributed by atoms with van der Waals surface area (Å²) in [6.45, 7) is 2.08. The molecule has 0 atom stereocenters. The predicted octanol–water partition coefficient (Wildman–Crippen LogP) is 1.93. The monoisotopic (exact) mass is 268 g/mol. The SMILES string of the molecule is Cc1cccc(S(=O)(=O)NCc2cscn2)c1. The minimum Gasteiger partial charge on any atom is -0.248 e. The summed E-state index contributed by atoms with van der Waals surface area (Å²) in [5.74, 6) is 0. The van der Waals surface area contributed by atoms with Crippen molar-refractivity contribution in [1.82, 2.24) is 9.71 Å². The van der Waals surface area contributed by atoms with Gasteiger partial charge < -0.3 is 0 Å². The summed E-state index contributed by atoms with van der Waals surface area (Å²) in [6, 6.07) is 6.81. The van der Waals surface area contributed by atoms with Crippen LogP contribution in [0.25, 0.3) is 0 Å². The number of aryl methyl sites for hydroxylation is 1. The molecular formula is C11H12N2O2S2. The lowest BCUT2D eigenvalue weighted by molar-refractivity contribution is 0.580. The fourth-order valence-corrected chi connectivity index (χ4v) is 3.02. The van der Waals surface area contributed by atoms with E-state index in [-0.39, 0.29) is 11.4 Å². The van der Waals surface area contributed by atoms with Crippen molar-refractivity contribution in [3.8, 4) is 0 Å². The van der Waals surface area contributed by atoms with Gasteiger partial charge in [0.1, 0.15) is 0 Å². The van der Waals surface area contributed by atoms with Gasteiger partial charge in [-0.1, -0.05) is 12.1 Å². The van der Waals surface area contributed by atoms with Gasteiger partial charge in [-0.05, 0) is 24.6 Å². The highest BCUT2D eigenvalue weighted by atomic mass is 32.2. The van der Waals surface area contributed by atoms with E-state index in [9.17, 15) is 8.42 Å². The fourth-order valence-electron chi connectivity index (χ4n) is 1.36. The molecule has 1 aromatic carbocycles. The second-order valence-corrected chi connectivity index (χ2v) is 6.11.